The predicted octanol–water partition coefficient (Wildman–Crippen LogP) is 2.44. The smallest absolute Gasteiger partial charge is 0.0641 e. The number of hydrogen-bond acceptors (Lipinski definition) is 3. The molecule has 2 rings (SSSR count). The molecule has 1 unspecified atom stereocenters. The van der Waals surface area contributed by atoms with Gasteiger partial charge in [-0.25, -0.2) is 0 Å². The van der Waals surface area contributed by atoms with Crippen molar-refractivity contribution in [2.75, 3.05) is 6.54 Å². The molecule has 0 aliphatic heterocycles. The molecule has 0 saturated carbocycles. The number of hydrogen-bond donors (Lipinski definition) is 1. The lowest BCUT2D eigenvalue weighted by molar-refractivity contribution is 0.490. The molecule has 19 heavy (non-hydrogen) atoms. The lowest BCUT2D eigenvalue weighted by atomic mass is 10.0. The minimum absolute atomic E-state index is 0.0860. The summed E-state index contributed by atoms with van der Waals surface area (Å²) in [4.78, 5) is 0. The number of aromatic nitrogens is 2. The summed E-state index contributed by atoms with van der Waals surface area (Å²) in [6.45, 7) is 3.63. The molecular formula is C15H18N4. The van der Waals surface area contributed by atoms with Gasteiger partial charge in [-0.15, -0.1) is 0 Å². The van der Waals surface area contributed by atoms with Crippen LogP contribution in [0.5, 0.6) is 0 Å². The molecule has 98 valence electrons. The van der Waals surface area contributed by atoms with Crippen molar-refractivity contribution in [3.63, 3.8) is 0 Å². The molecule has 1 atom stereocenters. The highest BCUT2D eigenvalue weighted by Crippen LogP contribution is 2.15. The molecule has 4 nitrogen and oxygen atoms in total. The van der Waals surface area contributed by atoms with E-state index < -0.39 is 0 Å². The van der Waals surface area contributed by atoms with Gasteiger partial charge in [0.25, 0.3) is 0 Å². The second-order valence-electron chi connectivity index (χ2n) is 4.56. The van der Waals surface area contributed by atoms with Gasteiger partial charge in [-0.1, -0.05) is 30.3 Å². The van der Waals surface area contributed by atoms with Crippen molar-refractivity contribution in [2.24, 2.45) is 0 Å². The van der Waals surface area contributed by atoms with E-state index in [1.807, 2.05) is 54.3 Å². The molecule has 1 N–H and O–H groups in total. The molecule has 0 aliphatic rings. The molecule has 0 aliphatic carbocycles. The second kappa shape index (κ2) is 6.72. The van der Waals surface area contributed by atoms with Crippen molar-refractivity contribution >= 4 is 0 Å². The largest absolute Gasteiger partial charge is 0.307 e. The van der Waals surface area contributed by atoms with E-state index >= 15 is 0 Å². The number of nitrogens with one attached hydrogen (secondary N) is 1. The fraction of sp³-hybridized carbons (Fsp3) is 0.333. The maximum Gasteiger partial charge on any atom is 0.0641 e. The Morgan fingerprint density at radius 1 is 1.37 bits per heavy atom. The third-order valence-corrected chi connectivity index (χ3v) is 2.99. The Hall–Kier alpha value is -2.12. The first kappa shape index (κ1) is 13.3. The van der Waals surface area contributed by atoms with Gasteiger partial charge in [-0.05, 0) is 18.1 Å². The van der Waals surface area contributed by atoms with Crippen LogP contribution in [0, 0.1) is 18.3 Å². The Labute approximate surface area is 113 Å². The van der Waals surface area contributed by atoms with E-state index in [2.05, 4.69) is 16.5 Å². The van der Waals surface area contributed by atoms with E-state index in [-0.39, 0.29) is 6.04 Å². The average Bonchev–Trinajstić information content (AvgIpc) is 2.84. The predicted molar refractivity (Wildman–Crippen MR) is 74.4 cm³/mol. The Balaban J connectivity index is 1.89. The SMILES string of the molecule is Cc1cnn(CCNC(CC#N)c2ccccc2)c1. The van der Waals surface area contributed by atoms with E-state index in [0.717, 1.165) is 24.2 Å². The summed E-state index contributed by atoms with van der Waals surface area (Å²) in [6, 6.07) is 12.4. The van der Waals surface area contributed by atoms with Gasteiger partial charge in [-0.3, -0.25) is 4.68 Å². The highest BCUT2D eigenvalue weighted by atomic mass is 15.3. The third-order valence-electron chi connectivity index (χ3n) is 2.99. The van der Waals surface area contributed by atoms with Gasteiger partial charge in [0.1, 0.15) is 0 Å². The quantitative estimate of drug-likeness (QED) is 0.861. The minimum atomic E-state index is 0.0860. The van der Waals surface area contributed by atoms with Crippen molar-refractivity contribution in [1.82, 2.24) is 15.1 Å². The van der Waals surface area contributed by atoms with Crippen LogP contribution in [0.25, 0.3) is 0 Å². The summed E-state index contributed by atoms with van der Waals surface area (Å²) in [7, 11) is 0. The number of nitrogens with zero attached hydrogens (tertiary/aromatic N) is 3. The summed E-state index contributed by atoms with van der Waals surface area (Å²) in [5, 5.41) is 16.6. The molecular weight excluding hydrogens is 236 g/mol. The molecule has 0 amide bonds. The molecule has 0 spiro atoms. The fourth-order valence-electron chi connectivity index (χ4n) is 2.03. The van der Waals surface area contributed by atoms with Crippen molar-refractivity contribution in [3.05, 3.63) is 53.9 Å². The first-order chi connectivity index (χ1) is 9.29. The molecule has 0 bridgehead atoms. The summed E-state index contributed by atoms with van der Waals surface area (Å²) in [5.41, 5.74) is 2.32. The van der Waals surface area contributed by atoms with Crippen LogP contribution >= 0.6 is 0 Å². The number of rotatable bonds is 6. The van der Waals surface area contributed by atoms with Gasteiger partial charge in [0.05, 0.1) is 25.2 Å². The molecule has 0 saturated heterocycles. The molecule has 0 radical (unpaired) electrons. The van der Waals surface area contributed by atoms with Crippen LogP contribution in [-0.4, -0.2) is 16.3 Å². The van der Waals surface area contributed by atoms with Crippen LogP contribution in [-0.2, 0) is 6.54 Å². The maximum atomic E-state index is 8.91. The first-order valence-electron chi connectivity index (χ1n) is 6.44. The monoisotopic (exact) mass is 254 g/mol. The number of aryl methyl sites for hydroxylation is 1. The van der Waals surface area contributed by atoms with Crippen molar-refractivity contribution < 1.29 is 0 Å². The van der Waals surface area contributed by atoms with E-state index in [1.54, 1.807) is 0 Å². The first-order valence-corrected chi connectivity index (χ1v) is 6.44. The molecule has 1 aromatic carbocycles. The van der Waals surface area contributed by atoms with E-state index in [0.29, 0.717) is 6.42 Å². The van der Waals surface area contributed by atoms with E-state index in [4.69, 9.17) is 5.26 Å². The number of benzene rings is 1. The zero-order valence-corrected chi connectivity index (χ0v) is 11.1. The van der Waals surface area contributed by atoms with Crippen molar-refractivity contribution in [3.8, 4) is 6.07 Å². The Morgan fingerprint density at radius 2 is 2.16 bits per heavy atom. The molecule has 0 fully saturated rings. The van der Waals surface area contributed by atoms with Crippen LogP contribution in [0.1, 0.15) is 23.6 Å². The normalized spacial score (nSPS) is 12.0. The van der Waals surface area contributed by atoms with E-state index in [1.165, 1.54) is 0 Å². The van der Waals surface area contributed by atoms with Gasteiger partial charge in [0, 0.05) is 18.8 Å². The van der Waals surface area contributed by atoms with Crippen LogP contribution in [0.4, 0.5) is 0 Å². The Kier molecular flexibility index (Phi) is 4.71. The Bertz CT molecular complexity index is 539. The summed E-state index contributed by atoms with van der Waals surface area (Å²) >= 11 is 0. The lowest BCUT2D eigenvalue weighted by Gasteiger charge is -2.16. The van der Waals surface area contributed by atoms with E-state index in [9.17, 15) is 0 Å². The summed E-state index contributed by atoms with van der Waals surface area (Å²) in [5.74, 6) is 0. The van der Waals surface area contributed by atoms with Crippen molar-refractivity contribution in [1.29, 1.82) is 5.26 Å². The number of nitriles is 1. The maximum absolute atomic E-state index is 8.91. The van der Waals surface area contributed by atoms with Gasteiger partial charge in [0.15, 0.2) is 0 Å². The second-order valence-corrected chi connectivity index (χ2v) is 4.56. The van der Waals surface area contributed by atoms with Crippen LogP contribution in [0.15, 0.2) is 42.7 Å². The van der Waals surface area contributed by atoms with Gasteiger partial charge in [-0.2, -0.15) is 10.4 Å². The topological polar surface area (TPSA) is 53.6 Å². The fourth-order valence-corrected chi connectivity index (χ4v) is 2.03. The van der Waals surface area contributed by atoms with Gasteiger partial charge < -0.3 is 5.32 Å². The van der Waals surface area contributed by atoms with Crippen LogP contribution in [0.2, 0.25) is 0 Å². The standard InChI is InChI=1S/C15H18N4/c1-13-11-18-19(12-13)10-9-17-15(7-8-16)14-5-3-2-4-6-14/h2-6,11-12,15,17H,7,9-10H2,1H3. The van der Waals surface area contributed by atoms with Gasteiger partial charge >= 0.3 is 0 Å². The summed E-state index contributed by atoms with van der Waals surface area (Å²) in [6.07, 6.45) is 4.34. The molecule has 1 heterocycles. The molecule has 4 heteroatoms. The highest BCUT2D eigenvalue weighted by Gasteiger charge is 2.09. The van der Waals surface area contributed by atoms with Crippen molar-refractivity contribution in [2.45, 2.75) is 25.9 Å². The molecule has 2 aromatic rings. The zero-order chi connectivity index (χ0) is 13.5. The third kappa shape index (κ3) is 3.94. The lowest BCUT2D eigenvalue weighted by Crippen LogP contribution is -2.25. The summed E-state index contributed by atoms with van der Waals surface area (Å²) < 4.78 is 1.91. The van der Waals surface area contributed by atoms with Crippen LogP contribution < -0.4 is 5.32 Å². The zero-order valence-electron chi connectivity index (χ0n) is 11.1. The average molecular weight is 254 g/mol. The van der Waals surface area contributed by atoms with Gasteiger partial charge in [0.2, 0.25) is 0 Å². The molecule has 1 aromatic heterocycles. The highest BCUT2D eigenvalue weighted by molar-refractivity contribution is 5.19. The Morgan fingerprint density at radius 3 is 2.79 bits per heavy atom. The van der Waals surface area contributed by atoms with Crippen LogP contribution in [0.3, 0.4) is 0 Å². The minimum Gasteiger partial charge on any atom is -0.307 e.